The van der Waals surface area contributed by atoms with Crippen LogP contribution in [-0.2, 0) is 10.0 Å². The number of amides is 1. The molecule has 0 unspecified atom stereocenters. The first-order chi connectivity index (χ1) is 12.3. The molecule has 1 fully saturated rings. The van der Waals surface area contributed by atoms with Gasteiger partial charge in [-0.2, -0.15) is 4.31 Å². The van der Waals surface area contributed by atoms with Crippen molar-refractivity contribution >= 4 is 31.9 Å². The second-order valence-electron chi connectivity index (χ2n) is 5.75. The summed E-state index contributed by atoms with van der Waals surface area (Å²) in [6.45, 7) is 0.585. The van der Waals surface area contributed by atoms with E-state index in [9.17, 15) is 22.0 Å². The van der Waals surface area contributed by atoms with Crippen LogP contribution in [0.25, 0.3) is 0 Å². The van der Waals surface area contributed by atoms with E-state index in [-0.39, 0.29) is 37.0 Å². The molecular weight excluding hydrogens is 430 g/mol. The summed E-state index contributed by atoms with van der Waals surface area (Å²) in [6, 6.07) is 9.49. The van der Waals surface area contributed by atoms with Crippen molar-refractivity contribution in [3.63, 3.8) is 0 Å². The van der Waals surface area contributed by atoms with E-state index in [4.69, 9.17) is 0 Å². The molecule has 1 heterocycles. The van der Waals surface area contributed by atoms with Gasteiger partial charge in [0.25, 0.3) is 5.91 Å². The van der Waals surface area contributed by atoms with Crippen LogP contribution in [0.4, 0.5) is 8.78 Å². The van der Waals surface area contributed by atoms with E-state index < -0.39 is 21.7 Å². The van der Waals surface area contributed by atoms with Crippen LogP contribution in [0, 0.1) is 11.6 Å². The topological polar surface area (TPSA) is 57.7 Å². The van der Waals surface area contributed by atoms with Crippen LogP contribution in [0.2, 0.25) is 0 Å². The summed E-state index contributed by atoms with van der Waals surface area (Å²) in [7, 11) is -3.94. The van der Waals surface area contributed by atoms with E-state index in [0.717, 1.165) is 12.1 Å². The summed E-state index contributed by atoms with van der Waals surface area (Å²) in [4.78, 5) is 13.8. The summed E-state index contributed by atoms with van der Waals surface area (Å²) >= 11 is 3.33. The molecule has 2 aromatic rings. The zero-order valence-corrected chi connectivity index (χ0v) is 15.9. The number of carbonyl (C=O) groups excluding carboxylic acids is 1. The van der Waals surface area contributed by atoms with Crippen LogP contribution >= 0.6 is 15.9 Å². The van der Waals surface area contributed by atoms with Crippen molar-refractivity contribution in [2.45, 2.75) is 4.90 Å². The largest absolute Gasteiger partial charge is 0.336 e. The quantitative estimate of drug-likeness (QED) is 0.731. The van der Waals surface area contributed by atoms with Gasteiger partial charge in [0, 0.05) is 30.7 Å². The van der Waals surface area contributed by atoms with Crippen LogP contribution < -0.4 is 0 Å². The predicted molar refractivity (Wildman–Crippen MR) is 95.2 cm³/mol. The molecule has 0 aliphatic carbocycles. The van der Waals surface area contributed by atoms with Gasteiger partial charge in [-0.1, -0.05) is 12.1 Å². The molecule has 3 rings (SSSR count). The summed E-state index contributed by atoms with van der Waals surface area (Å²) in [5.41, 5.74) is 0.504. The van der Waals surface area contributed by atoms with Crippen molar-refractivity contribution < 1.29 is 22.0 Å². The summed E-state index contributed by atoms with van der Waals surface area (Å²) in [6.07, 6.45) is 0. The highest BCUT2D eigenvalue weighted by atomic mass is 79.9. The molecule has 0 saturated carbocycles. The van der Waals surface area contributed by atoms with Crippen molar-refractivity contribution in [2.24, 2.45) is 0 Å². The zero-order valence-electron chi connectivity index (χ0n) is 13.5. The second-order valence-corrected chi connectivity index (χ2v) is 8.54. The minimum Gasteiger partial charge on any atom is -0.336 e. The van der Waals surface area contributed by atoms with Crippen molar-refractivity contribution in [2.75, 3.05) is 26.2 Å². The maximum atomic E-state index is 13.4. The van der Waals surface area contributed by atoms with Gasteiger partial charge < -0.3 is 4.90 Å². The Kier molecular flexibility index (Phi) is 5.40. The summed E-state index contributed by atoms with van der Waals surface area (Å²) in [5, 5.41) is 0. The van der Waals surface area contributed by atoms with Crippen molar-refractivity contribution in [3.05, 3.63) is 64.1 Å². The van der Waals surface area contributed by atoms with Crippen LogP contribution in [-0.4, -0.2) is 49.7 Å². The molecule has 1 aliphatic heterocycles. The lowest BCUT2D eigenvalue weighted by molar-refractivity contribution is 0.0697. The van der Waals surface area contributed by atoms with Crippen molar-refractivity contribution in [3.8, 4) is 0 Å². The van der Waals surface area contributed by atoms with Crippen LogP contribution in [0.15, 0.2) is 51.8 Å². The third kappa shape index (κ3) is 3.65. The van der Waals surface area contributed by atoms with Crippen molar-refractivity contribution in [1.82, 2.24) is 9.21 Å². The fourth-order valence-electron chi connectivity index (χ4n) is 2.72. The van der Waals surface area contributed by atoms with E-state index >= 15 is 0 Å². The molecule has 0 spiro atoms. The first-order valence-electron chi connectivity index (χ1n) is 7.80. The number of hydrogen-bond acceptors (Lipinski definition) is 3. The Hall–Kier alpha value is -1.84. The number of sulfonamides is 1. The molecule has 138 valence electrons. The van der Waals surface area contributed by atoms with E-state index in [1.807, 2.05) is 0 Å². The number of halogens is 3. The average molecular weight is 445 g/mol. The van der Waals surface area contributed by atoms with Crippen LogP contribution in [0.1, 0.15) is 10.4 Å². The zero-order chi connectivity index (χ0) is 18.9. The molecule has 2 aromatic carbocycles. The number of rotatable bonds is 3. The van der Waals surface area contributed by atoms with Gasteiger partial charge in [-0.05, 0) is 46.3 Å². The lowest BCUT2D eigenvalue weighted by Gasteiger charge is -2.34. The third-order valence-corrected chi connectivity index (χ3v) is 6.75. The maximum Gasteiger partial charge on any atom is 0.255 e. The van der Waals surface area contributed by atoms with Crippen molar-refractivity contribution in [1.29, 1.82) is 0 Å². The number of hydrogen-bond donors (Lipinski definition) is 0. The van der Waals surface area contributed by atoms with Crippen LogP contribution in [0.3, 0.4) is 0 Å². The van der Waals surface area contributed by atoms with E-state index in [1.54, 1.807) is 29.2 Å². The predicted octanol–water partition coefficient (Wildman–Crippen LogP) is 2.87. The molecular formula is C17H15BrF2N2O3S. The highest BCUT2D eigenvalue weighted by Gasteiger charge is 2.31. The molecule has 9 heteroatoms. The Labute approximate surface area is 158 Å². The fourth-order valence-corrected chi connectivity index (χ4v) is 4.61. The van der Waals surface area contributed by atoms with Gasteiger partial charge in [-0.25, -0.2) is 17.2 Å². The third-order valence-electron chi connectivity index (χ3n) is 4.16. The van der Waals surface area contributed by atoms with E-state index in [0.29, 0.717) is 16.1 Å². The highest BCUT2D eigenvalue weighted by Crippen LogP contribution is 2.22. The molecule has 1 saturated heterocycles. The van der Waals surface area contributed by atoms with Gasteiger partial charge in [0.05, 0.1) is 10.5 Å². The molecule has 0 N–H and O–H groups in total. The second kappa shape index (κ2) is 7.42. The van der Waals surface area contributed by atoms with Gasteiger partial charge >= 0.3 is 0 Å². The van der Waals surface area contributed by atoms with Gasteiger partial charge in [-0.3, -0.25) is 4.79 Å². The maximum absolute atomic E-state index is 13.4. The first kappa shape index (κ1) is 18.9. The molecule has 1 aliphatic rings. The minimum absolute atomic E-state index is 0.0809. The van der Waals surface area contributed by atoms with E-state index in [1.165, 1.54) is 4.31 Å². The summed E-state index contributed by atoms with van der Waals surface area (Å²) in [5.74, 6) is -2.51. The SMILES string of the molecule is O=C(c1ccccc1Br)N1CCN(S(=O)(=O)c2ccc(F)c(F)c2)CC1. The Bertz CT molecular complexity index is 945. The van der Waals surface area contributed by atoms with Gasteiger partial charge in [0.2, 0.25) is 10.0 Å². The lowest BCUT2D eigenvalue weighted by Crippen LogP contribution is -2.50. The Morgan fingerprint density at radius 2 is 1.62 bits per heavy atom. The number of carbonyl (C=O) groups is 1. The lowest BCUT2D eigenvalue weighted by atomic mass is 10.2. The number of piperazine rings is 1. The number of nitrogens with zero attached hydrogens (tertiary/aromatic N) is 2. The Balaban J connectivity index is 1.72. The first-order valence-corrected chi connectivity index (χ1v) is 10.0. The molecule has 0 atom stereocenters. The minimum atomic E-state index is -3.94. The number of benzene rings is 2. The summed E-state index contributed by atoms with van der Waals surface area (Å²) < 4.78 is 53.4. The monoisotopic (exact) mass is 444 g/mol. The highest BCUT2D eigenvalue weighted by molar-refractivity contribution is 9.10. The molecule has 0 radical (unpaired) electrons. The smallest absolute Gasteiger partial charge is 0.255 e. The molecule has 5 nitrogen and oxygen atoms in total. The van der Waals surface area contributed by atoms with E-state index in [2.05, 4.69) is 15.9 Å². The average Bonchev–Trinajstić information content (AvgIpc) is 2.64. The van der Waals surface area contributed by atoms with Gasteiger partial charge in [-0.15, -0.1) is 0 Å². The molecule has 1 amide bonds. The van der Waals surface area contributed by atoms with Crippen LogP contribution in [0.5, 0.6) is 0 Å². The Morgan fingerprint density at radius 3 is 2.23 bits per heavy atom. The standard InChI is InChI=1S/C17H15BrF2N2O3S/c18-14-4-2-1-3-13(14)17(23)21-7-9-22(10-8-21)26(24,25)12-5-6-15(19)16(20)11-12/h1-6,11H,7-10H2. The normalized spacial score (nSPS) is 15.9. The molecule has 0 bridgehead atoms. The Morgan fingerprint density at radius 1 is 0.962 bits per heavy atom. The van der Waals surface area contributed by atoms with Gasteiger partial charge in [0.15, 0.2) is 11.6 Å². The van der Waals surface area contributed by atoms with Gasteiger partial charge in [0.1, 0.15) is 0 Å². The molecule has 0 aromatic heterocycles. The molecule has 26 heavy (non-hydrogen) atoms. The fraction of sp³-hybridized carbons (Fsp3) is 0.235.